The Morgan fingerprint density at radius 3 is 2.73 bits per heavy atom. The molecule has 0 radical (unpaired) electrons. The number of nitrogens with zero attached hydrogens (tertiary/aromatic N) is 3. The highest BCUT2D eigenvalue weighted by atomic mass is 79.9. The normalized spacial score (nSPS) is 18.6. The van der Waals surface area contributed by atoms with E-state index in [4.69, 9.17) is 5.73 Å². The summed E-state index contributed by atoms with van der Waals surface area (Å²) < 4.78 is 1.98. The Morgan fingerprint density at radius 2 is 2.33 bits per heavy atom. The number of carbonyl (C=O) groups excluding carboxylic acids is 1. The molecule has 2 N–H and O–H groups in total. The molecule has 15 heavy (non-hydrogen) atoms. The third kappa shape index (κ3) is 1.96. The van der Waals surface area contributed by atoms with Crippen LogP contribution < -0.4 is 5.73 Å². The summed E-state index contributed by atoms with van der Waals surface area (Å²) >= 11 is 3.21. The van der Waals surface area contributed by atoms with Gasteiger partial charge < -0.3 is 5.73 Å². The van der Waals surface area contributed by atoms with Gasteiger partial charge in [-0.05, 0) is 35.2 Å². The third-order valence-electron chi connectivity index (χ3n) is 2.91. The van der Waals surface area contributed by atoms with Gasteiger partial charge in [0.25, 0.3) is 0 Å². The molecule has 0 unspecified atom stereocenters. The second-order valence-corrected chi connectivity index (χ2v) is 4.92. The molecule has 82 valence electrons. The van der Waals surface area contributed by atoms with Crippen molar-refractivity contribution in [3.63, 3.8) is 0 Å². The Kier molecular flexibility index (Phi) is 2.64. The van der Waals surface area contributed by atoms with Crippen molar-refractivity contribution in [2.45, 2.75) is 31.2 Å². The fourth-order valence-corrected chi connectivity index (χ4v) is 2.39. The van der Waals surface area contributed by atoms with Gasteiger partial charge in [0.2, 0.25) is 0 Å². The van der Waals surface area contributed by atoms with Crippen LogP contribution in [0.3, 0.4) is 0 Å². The summed E-state index contributed by atoms with van der Waals surface area (Å²) in [7, 11) is 1.70. The van der Waals surface area contributed by atoms with Crippen molar-refractivity contribution < 1.29 is 4.79 Å². The van der Waals surface area contributed by atoms with Gasteiger partial charge in [0.15, 0.2) is 10.4 Å². The lowest BCUT2D eigenvalue weighted by Gasteiger charge is -2.37. The third-order valence-corrected chi connectivity index (χ3v) is 3.45. The molecule has 1 aromatic heterocycles. The van der Waals surface area contributed by atoms with E-state index in [2.05, 4.69) is 26.2 Å². The maximum atomic E-state index is 11.9. The molecule has 5 nitrogen and oxygen atoms in total. The topological polar surface area (TPSA) is 73.8 Å². The quantitative estimate of drug-likeness (QED) is 0.835. The lowest BCUT2D eigenvalue weighted by molar-refractivity contribution is 0.0902. The van der Waals surface area contributed by atoms with Gasteiger partial charge in [-0.1, -0.05) is 5.21 Å². The summed E-state index contributed by atoms with van der Waals surface area (Å²) in [6, 6.07) is 0. The molecule has 1 fully saturated rings. The molecule has 1 aliphatic carbocycles. The van der Waals surface area contributed by atoms with Crippen LogP contribution in [0, 0.1) is 0 Å². The second kappa shape index (κ2) is 3.68. The van der Waals surface area contributed by atoms with Gasteiger partial charge >= 0.3 is 0 Å². The predicted molar refractivity (Wildman–Crippen MR) is 58.4 cm³/mol. The summed E-state index contributed by atoms with van der Waals surface area (Å²) in [6.45, 7) is 0. The van der Waals surface area contributed by atoms with Gasteiger partial charge in [-0.25, -0.2) is 4.68 Å². The monoisotopic (exact) mass is 272 g/mol. The van der Waals surface area contributed by atoms with Crippen molar-refractivity contribution in [1.82, 2.24) is 15.0 Å². The maximum Gasteiger partial charge on any atom is 0.185 e. The molecule has 6 heteroatoms. The number of aromatic nitrogens is 3. The molecule has 0 saturated heterocycles. The van der Waals surface area contributed by atoms with E-state index in [9.17, 15) is 4.79 Å². The first-order valence-corrected chi connectivity index (χ1v) is 5.68. The molecule has 1 aliphatic rings. The highest BCUT2D eigenvalue weighted by molar-refractivity contribution is 9.10. The molecule has 1 aromatic rings. The fraction of sp³-hybridized carbons (Fsp3) is 0.667. The average molecular weight is 273 g/mol. The zero-order valence-electron chi connectivity index (χ0n) is 8.53. The smallest absolute Gasteiger partial charge is 0.185 e. The molecule has 1 heterocycles. The Labute approximate surface area is 96.1 Å². The summed E-state index contributed by atoms with van der Waals surface area (Å²) in [5, 5.41) is 7.55. The van der Waals surface area contributed by atoms with E-state index in [0.29, 0.717) is 16.7 Å². The highest BCUT2D eigenvalue weighted by Crippen LogP contribution is 2.33. The molecule has 0 amide bonds. The molecule has 0 aliphatic heterocycles. The molecular formula is C9H13BrN4O. The lowest BCUT2D eigenvalue weighted by atomic mass is 9.74. The summed E-state index contributed by atoms with van der Waals surface area (Å²) in [5.41, 5.74) is 6.24. The number of hydrogen-bond donors (Lipinski definition) is 1. The van der Waals surface area contributed by atoms with Gasteiger partial charge in [0.05, 0.1) is 0 Å². The minimum atomic E-state index is -0.291. The van der Waals surface area contributed by atoms with Gasteiger partial charge in [0.1, 0.15) is 5.69 Å². The van der Waals surface area contributed by atoms with Crippen LogP contribution in [-0.4, -0.2) is 26.3 Å². The van der Waals surface area contributed by atoms with Gasteiger partial charge in [-0.2, -0.15) is 0 Å². The Morgan fingerprint density at radius 1 is 1.67 bits per heavy atom. The molecule has 0 aromatic carbocycles. The second-order valence-electron chi connectivity index (χ2n) is 4.17. The van der Waals surface area contributed by atoms with Crippen LogP contribution in [0.4, 0.5) is 0 Å². The predicted octanol–water partition coefficient (Wildman–Crippen LogP) is 1.03. The van der Waals surface area contributed by atoms with E-state index in [1.54, 1.807) is 7.05 Å². The van der Waals surface area contributed by atoms with Crippen LogP contribution >= 0.6 is 15.9 Å². The van der Waals surface area contributed by atoms with E-state index in [1.165, 1.54) is 4.68 Å². The Bertz CT molecular complexity index is 377. The number of aryl methyl sites for hydroxylation is 1. The molecule has 1 saturated carbocycles. The first-order chi connectivity index (χ1) is 7.02. The molecule has 0 atom stereocenters. The average Bonchev–Trinajstić information content (AvgIpc) is 2.43. The number of Topliss-reactive ketones (excluding diaryl/α,β-unsaturated/α-hetero) is 1. The van der Waals surface area contributed by atoms with Crippen LogP contribution in [0.5, 0.6) is 0 Å². The van der Waals surface area contributed by atoms with E-state index in [1.807, 2.05) is 0 Å². The molecular weight excluding hydrogens is 260 g/mol. The molecule has 0 spiro atoms. The van der Waals surface area contributed by atoms with Crippen molar-refractivity contribution in [2.24, 2.45) is 12.8 Å². The zero-order chi connectivity index (χ0) is 11.1. The number of ketones is 1. The highest BCUT2D eigenvalue weighted by Gasteiger charge is 2.36. The Hall–Kier alpha value is -0.750. The lowest BCUT2D eigenvalue weighted by Crippen LogP contribution is -2.48. The van der Waals surface area contributed by atoms with E-state index in [-0.39, 0.29) is 11.3 Å². The van der Waals surface area contributed by atoms with Crippen molar-refractivity contribution in [1.29, 1.82) is 0 Å². The SMILES string of the molecule is Cn1nnc(Br)c1C(=O)CC1(N)CCC1. The van der Waals surface area contributed by atoms with E-state index < -0.39 is 0 Å². The molecule has 0 bridgehead atoms. The van der Waals surface area contributed by atoms with Crippen molar-refractivity contribution in [3.05, 3.63) is 10.3 Å². The Balaban J connectivity index is 2.14. The van der Waals surface area contributed by atoms with Crippen LogP contribution in [0.2, 0.25) is 0 Å². The van der Waals surface area contributed by atoms with Crippen LogP contribution in [0.25, 0.3) is 0 Å². The summed E-state index contributed by atoms with van der Waals surface area (Å²) in [5.74, 6) is 0.0107. The molecule has 2 rings (SSSR count). The standard InChI is InChI=1S/C9H13BrN4O/c1-14-7(8(10)12-13-14)6(15)5-9(11)3-2-4-9/h2-5,11H2,1H3. The number of hydrogen-bond acceptors (Lipinski definition) is 4. The van der Waals surface area contributed by atoms with Crippen molar-refractivity contribution in [2.75, 3.05) is 0 Å². The fourth-order valence-electron chi connectivity index (χ4n) is 1.84. The van der Waals surface area contributed by atoms with Crippen LogP contribution in [0.15, 0.2) is 4.60 Å². The van der Waals surface area contributed by atoms with Gasteiger partial charge in [-0.3, -0.25) is 4.79 Å². The van der Waals surface area contributed by atoms with Gasteiger partial charge in [-0.15, -0.1) is 5.10 Å². The minimum absolute atomic E-state index is 0.0107. The van der Waals surface area contributed by atoms with Crippen LogP contribution in [0.1, 0.15) is 36.2 Å². The number of halogens is 1. The number of rotatable bonds is 3. The van der Waals surface area contributed by atoms with E-state index in [0.717, 1.165) is 19.3 Å². The first kappa shape index (κ1) is 10.8. The minimum Gasteiger partial charge on any atom is -0.325 e. The zero-order valence-corrected chi connectivity index (χ0v) is 10.1. The van der Waals surface area contributed by atoms with Crippen molar-refractivity contribution in [3.8, 4) is 0 Å². The summed E-state index contributed by atoms with van der Waals surface area (Å²) in [4.78, 5) is 11.9. The van der Waals surface area contributed by atoms with E-state index >= 15 is 0 Å². The number of nitrogens with two attached hydrogens (primary N) is 1. The van der Waals surface area contributed by atoms with Crippen LogP contribution in [-0.2, 0) is 7.05 Å². The summed E-state index contributed by atoms with van der Waals surface area (Å²) in [6.07, 6.45) is 3.37. The largest absolute Gasteiger partial charge is 0.325 e. The number of carbonyl (C=O) groups is 1. The maximum absolute atomic E-state index is 11.9. The van der Waals surface area contributed by atoms with Gasteiger partial charge in [0, 0.05) is 19.0 Å². The van der Waals surface area contributed by atoms with Crippen molar-refractivity contribution >= 4 is 21.7 Å². The first-order valence-electron chi connectivity index (χ1n) is 4.89.